The molecule has 134 valence electrons. The van der Waals surface area contributed by atoms with Crippen molar-refractivity contribution in [2.24, 2.45) is 5.92 Å². The molecule has 0 aliphatic carbocycles. The Labute approximate surface area is 150 Å². The van der Waals surface area contributed by atoms with Gasteiger partial charge in [0.25, 0.3) is 5.91 Å². The lowest BCUT2D eigenvalue weighted by molar-refractivity contribution is 0.0690. The van der Waals surface area contributed by atoms with Crippen molar-refractivity contribution in [3.05, 3.63) is 36.4 Å². The lowest BCUT2D eigenvalue weighted by atomic mass is 9.96. The highest BCUT2D eigenvalue weighted by Gasteiger charge is 2.24. The fraction of sp³-hybridized carbons (Fsp3) is 0.500. The topological polar surface area (TPSA) is 50.8 Å². The predicted molar refractivity (Wildman–Crippen MR) is 98.5 cm³/mol. The number of piperidine rings is 1. The molecule has 5 nitrogen and oxygen atoms in total. The molecule has 1 fully saturated rings. The van der Waals surface area contributed by atoms with Gasteiger partial charge < -0.3 is 19.7 Å². The lowest BCUT2D eigenvalue weighted by Crippen LogP contribution is -2.40. The molecule has 0 radical (unpaired) electrons. The van der Waals surface area contributed by atoms with Crippen molar-refractivity contribution in [2.75, 3.05) is 40.4 Å². The van der Waals surface area contributed by atoms with Crippen LogP contribution in [0.3, 0.4) is 0 Å². The second kappa shape index (κ2) is 10.2. The second-order valence-electron chi connectivity index (χ2n) is 5.76. The van der Waals surface area contributed by atoms with E-state index in [0.29, 0.717) is 29.6 Å². The third-order valence-electron chi connectivity index (χ3n) is 4.16. The minimum atomic E-state index is 0. The average Bonchev–Trinajstić information content (AvgIpc) is 2.60. The predicted octanol–water partition coefficient (Wildman–Crippen LogP) is 2.75. The number of benzene rings is 1. The minimum Gasteiger partial charge on any atom is -0.493 e. The SMILES string of the molecule is C=CCOc1ccc(C(=O)N2CCC(CNC)CC2)cc1OC.Cl. The van der Waals surface area contributed by atoms with E-state index in [2.05, 4.69) is 11.9 Å². The molecule has 0 aromatic heterocycles. The van der Waals surface area contributed by atoms with Gasteiger partial charge in [-0.3, -0.25) is 4.79 Å². The van der Waals surface area contributed by atoms with E-state index in [9.17, 15) is 4.79 Å². The Balaban J connectivity index is 0.00000288. The van der Waals surface area contributed by atoms with Crippen LogP contribution >= 0.6 is 12.4 Å². The van der Waals surface area contributed by atoms with Crippen LogP contribution < -0.4 is 14.8 Å². The molecule has 1 aromatic rings. The normalized spacial score (nSPS) is 14.7. The maximum absolute atomic E-state index is 12.7. The monoisotopic (exact) mass is 354 g/mol. The molecule has 24 heavy (non-hydrogen) atoms. The molecule has 6 heteroatoms. The molecule has 0 bridgehead atoms. The number of likely N-dealkylation sites (tertiary alicyclic amines) is 1. The largest absolute Gasteiger partial charge is 0.493 e. The first-order valence-electron chi connectivity index (χ1n) is 8.05. The van der Waals surface area contributed by atoms with Crippen molar-refractivity contribution < 1.29 is 14.3 Å². The Morgan fingerprint density at radius 2 is 2.08 bits per heavy atom. The summed E-state index contributed by atoms with van der Waals surface area (Å²) in [6.07, 6.45) is 3.77. The van der Waals surface area contributed by atoms with Crippen molar-refractivity contribution in [3.8, 4) is 11.5 Å². The Morgan fingerprint density at radius 3 is 2.67 bits per heavy atom. The van der Waals surface area contributed by atoms with E-state index >= 15 is 0 Å². The van der Waals surface area contributed by atoms with E-state index < -0.39 is 0 Å². The fourth-order valence-corrected chi connectivity index (χ4v) is 2.88. The number of carbonyl (C=O) groups excluding carboxylic acids is 1. The number of hydrogen-bond acceptors (Lipinski definition) is 4. The van der Waals surface area contributed by atoms with Gasteiger partial charge in [0, 0.05) is 18.7 Å². The van der Waals surface area contributed by atoms with E-state index in [-0.39, 0.29) is 18.3 Å². The number of nitrogens with zero attached hydrogens (tertiary/aromatic N) is 1. The molecule has 1 aromatic carbocycles. The standard InChI is InChI=1S/C18H26N2O3.ClH/c1-4-11-23-16-6-5-15(12-17(16)22-3)18(21)20-9-7-14(8-10-20)13-19-2;/h4-6,12,14,19H,1,7-11,13H2,2-3H3;1H. The Hall–Kier alpha value is -1.72. The number of amides is 1. The van der Waals surface area contributed by atoms with Crippen LogP contribution in [0.5, 0.6) is 11.5 Å². The molecule has 0 atom stereocenters. The highest BCUT2D eigenvalue weighted by Crippen LogP contribution is 2.29. The molecule has 1 aliphatic heterocycles. The van der Waals surface area contributed by atoms with Crippen molar-refractivity contribution in [3.63, 3.8) is 0 Å². The van der Waals surface area contributed by atoms with Crippen LogP contribution in [0.4, 0.5) is 0 Å². The van der Waals surface area contributed by atoms with Crippen molar-refractivity contribution in [2.45, 2.75) is 12.8 Å². The van der Waals surface area contributed by atoms with Crippen molar-refractivity contribution >= 4 is 18.3 Å². The number of halogens is 1. The second-order valence-corrected chi connectivity index (χ2v) is 5.76. The molecule has 1 amide bonds. The summed E-state index contributed by atoms with van der Waals surface area (Å²) in [5.74, 6) is 1.91. The first-order valence-corrected chi connectivity index (χ1v) is 8.05. The van der Waals surface area contributed by atoms with Gasteiger partial charge in [0.2, 0.25) is 0 Å². The summed E-state index contributed by atoms with van der Waals surface area (Å²) < 4.78 is 10.9. The number of ether oxygens (including phenoxy) is 2. The van der Waals surface area contributed by atoms with Gasteiger partial charge in [0.1, 0.15) is 6.61 Å². The molecule has 1 saturated heterocycles. The van der Waals surface area contributed by atoms with E-state index in [0.717, 1.165) is 32.5 Å². The quantitative estimate of drug-likeness (QED) is 0.765. The van der Waals surface area contributed by atoms with E-state index in [1.165, 1.54) is 0 Å². The van der Waals surface area contributed by atoms with Gasteiger partial charge >= 0.3 is 0 Å². The molecule has 2 rings (SSSR count). The zero-order chi connectivity index (χ0) is 16.7. The van der Waals surface area contributed by atoms with Crippen molar-refractivity contribution in [1.29, 1.82) is 0 Å². The summed E-state index contributed by atoms with van der Waals surface area (Å²) in [5.41, 5.74) is 0.639. The fourth-order valence-electron chi connectivity index (χ4n) is 2.88. The van der Waals surface area contributed by atoms with Crippen LogP contribution in [0.15, 0.2) is 30.9 Å². The summed E-state index contributed by atoms with van der Waals surface area (Å²) in [5, 5.41) is 3.21. The Morgan fingerprint density at radius 1 is 1.38 bits per heavy atom. The average molecular weight is 355 g/mol. The summed E-state index contributed by atoms with van der Waals surface area (Å²) >= 11 is 0. The molecular weight excluding hydrogens is 328 g/mol. The molecule has 0 unspecified atom stereocenters. The number of methoxy groups -OCH3 is 1. The van der Waals surface area contributed by atoms with Gasteiger partial charge in [0.15, 0.2) is 11.5 Å². The highest BCUT2D eigenvalue weighted by molar-refractivity contribution is 5.95. The van der Waals surface area contributed by atoms with Crippen LogP contribution in [0.1, 0.15) is 23.2 Å². The minimum absolute atomic E-state index is 0. The zero-order valence-corrected chi connectivity index (χ0v) is 15.2. The summed E-state index contributed by atoms with van der Waals surface area (Å²) in [7, 11) is 3.55. The van der Waals surface area contributed by atoms with Crippen LogP contribution in [0.25, 0.3) is 0 Å². The molecule has 0 spiro atoms. The number of nitrogens with one attached hydrogen (secondary N) is 1. The molecular formula is C18H27ClN2O3. The van der Waals surface area contributed by atoms with Gasteiger partial charge in [-0.05, 0) is 50.6 Å². The van der Waals surface area contributed by atoms with Gasteiger partial charge in [-0.2, -0.15) is 0 Å². The lowest BCUT2D eigenvalue weighted by Gasteiger charge is -2.32. The highest BCUT2D eigenvalue weighted by atomic mass is 35.5. The van der Waals surface area contributed by atoms with Crippen molar-refractivity contribution in [1.82, 2.24) is 10.2 Å². The molecule has 0 saturated carbocycles. The first kappa shape index (κ1) is 20.3. The summed E-state index contributed by atoms with van der Waals surface area (Å²) in [6.45, 7) is 6.67. The van der Waals surface area contributed by atoms with Gasteiger partial charge in [-0.15, -0.1) is 12.4 Å². The molecule has 1 N–H and O–H groups in total. The third-order valence-corrected chi connectivity index (χ3v) is 4.16. The zero-order valence-electron chi connectivity index (χ0n) is 14.4. The maximum atomic E-state index is 12.7. The Bertz CT molecular complexity index is 543. The number of hydrogen-bond donors (Lipinski definition) is 1. The first-order chi connectivity index (χ1) is 11.2. The van der Waals surface area contributed by atoms with E-state index in [1.807, 2.05) is 11.9 Å². The van der Waals surface area contributed by atoms with Crippen LogP contribution in [-0.4, -0.2) is 51.2 Å². The van der Waals surface area contributed by atoms with Gasteiger partial charge in [-0.25, -0.2) is 0 Å². The van der Waals surface area contributed by atoms with Gasteiger partial charge in [-0.1, -0.05) is 12.7 Å². The number of rotatable bonds is 7. The summed E-state index contributed by atoms with van der Waals surface area (Å²) in [6, 6.07) is 5.33. The van der Waals surface area contributed by atoms with E-state index in [1.54, 1.807) is 31.4 Å². The Kier molecular flexibility index (Phi) is 8.65. The number of carbonyl (C=O) groups is 1. The van der Waals surface area contributed by atoms with Crippen LogP contribution in [0, 0.1) is 5.92 Å². The molecule has 1 heterocycles. The third kappa shape index (κ3) is 5.14. The summed E-state index contributed by atoms with van der Waals surface area (Å²) in [4.78, 5) is 14.6. The maximum Gasteiger partial charge on any atom is 0.253 e. The molecule has 1 aliphatic rings. The van der Waals surface area contributed by atoms with Crippen LogP contribution in [0.2, 0.25) is 0 Å². The smallest absolute Gasteiger partial charge is 0.253 e. The van der Waals surface area contributed by atoms with Crippen LogP contribution in [-0.2, 0) is 0 Å². The van der Waals surface area contributed by atoms with E-state index in [4.69, 9.17) is 9.47 Å². The van der Waals surface area contributed by atoms with Gasteiger partial charge in [0.05, 0.1) is 7.11 Å².